The molecule has 0 aliphatic rings. The zero-order valence-electron chi connectivity index (χ0n) is 23.0. The highest BCUT2D eigenvalue weighted by atomic mass is 79.9. The number of fused-ring (bicyclic) bond motifs is 1. The maximum atomic E-state index is 5.33. The molecule has 0 unspecified atom stereocenters. The molecule has 0 amide bonds. The van der Waals surface area contributed by atoms with Crippen LogP contribution < -0.4 is 21.2 Å². The maximum absolute atomic E-state index is 5.33. The minimum atomic E-state index is -2.33. The van der Waals surface area contributed by atoms with Crippen molar-refractivity contribution in [1.29, 1.82) is 0 Å². The highest BCUT2D eigenvalue weighted by Crippen LogP contribution is 2.56. The van der Waals surface area contributed by atoms with Crippen LogP contribution in [0.3, 0.4) is 0 Å². The lowest BCUT2D eigenvalue weighted by Gasteiger charge is -2.29. The molecule has 7 rings (SSSR count). The van der Waals surface area contributed by atoms with Gasteiger partial charge in [0.15, 0.2) is 0 Å². The van der Waals surface area contributed by atoms with Gasteiger partial charge in [-0.2, -0.15) is 0 Å². The third kappa shape index (κ3) is 4.60. The second-order valence-electron chi connectivity index (χ2n) is 10.3. The van der Waals surface area contributed by atoms with Gasteiger partial charge in [-0.15, -0.1) is 0 Å². The third-order valence-corrected chi connectivity index (χ3v) is 13.0. The molecule has 42 heavy (non-hydrogen) atoms. The summed E-state index contributed by atoms with van der Waals surface area (Å²) in [5.41, 5.74) is 4.50. The minimum Gasteiger partial charge on any atom is -0.319 e. The van der Waals surface area contributed by atoms with E-state index in [1.165, 1.54) is 26.8 Å². The fourth-order valence-corrected chi connectivity index (χ4v) is 10.9. The second-order valence-corrected chi connectivity index (χ2v) is 14.5. The van der Waals surface area contributed by atoms with E-state index in [1.807, 2.05) is 0 Å². The fourth-order valence-electron chi connectivity index (χ4n) is 6.01. The van der Waals surface area contributed by atoms with Crippen LogP contribution in [0.25, 0.3) is 22.4 Å². The number of aromatic nitrogens is 2. The number of hydrogen-bond acceptors (Lipinski definition) is 1. The number of para-hydroxylation sites is 2. The highest BCUT2D eigenvalue weighted by Gasteiger charge is 2.49. The van der Waals surface area contributed by atoms with Crippen LogP contribution >= 0.6 is 23.2 Å². The summed E-state index contributed by atoms with van der Waals surface area (Å²) in [6.07, 6.45) is 0. The lowest BCUT2D eigenvalue weighted by Crippen LogP contribution is -2.39. The molecule has 0 saturated heterocycles. The molecule has 0 radical (unpaired) electrons. The van der Waals surface area contributed by atoms with E-state index < -0.39 is 7.26 Å². The molecule has 0 aliphatic heterocycles. The molecule has 0 atom stereocenters. The van der Waals surface area contributed by atoms with Gasteiger partial charge in [0.1, 0.15) is 34.3 Å². The Bertz CT molecular complexity index is 1870. The van der Waals surface area contributed by atoms with Crippen LogP contribution in [-0.4, -0.2) is 9.55 Å². The molecule has 0 N–H and O–H groups in total. The predicted molar refractivity (Wildman–Crippen MR) is 183 cm³/mol. The van der Waals surface area contributed by atoms with Gasteiger partial charge in [-0.1, -0.05) is 113 Å². The first-order valence-electron chi connectivity index (χ1n) is 14.1. The maximum Gasteiger partial charge on any atom is 0.145 e. The van der Waals surface area contributed by atoms with Crippen molar-refractivity contribution in [2.75, 3.05) is 0 Å². The topological polar surface area (TPSA) is 17.8 Å². The molecule has 0 fully saturated rings. The van der Waals surface area contributed by atoms with Crippen molar-refractivity contribution in [3.05, 3.63) is 174 Å². The number of halogens is 1. The summed E-state index contributed by atoms with van der Waals surface area (Å²) in [5.74, 6) is 0.981. The largest absolute Gasteiger partial charge is 0.319 e. The first kappa shape index (κ1) is 26.6. The van der Waals surface area contributed by atoms with Crippen molar-refractivity contribution in [1.82, 2.24) is 9.55 Å². The molecule has 0 bridgehead atoms. The van der Waals surface area contributed by atoms with E-state index in [4.69, 9.17) is 4.98 Å². The van der Waals surface area contributed by atoms with E-state index >= 15 is 0 Å². The Hall–Kier alpha value is -4.30. The molecule has 0 saturated carbocycles. The summed E-state index contributed by atoms with van der Waals surface area (Å²) in [6, 6.07) is 59.0. The lowest BCUT2D eigenvalue weighted by atomic mass is 10.2. The second kappa shape index (κ2) is 11.5. The SMILES string of the molecule is Brc1ccccc1Cn1c(-c2ccccc2[P+](c2ccccc2)(c2ccccc2)c2ccccc2)nc2ccccc21. The standard InChI is InChI=1S/C38H29BrN2P/c39-34-24-12-10-16-29(34)28-41-36-26-14-13-25-35(36)40-38(41)33-23-11-15-27-37(33)42(30-17-4-1-5-18-30,31-19-6-2-7-20-31)32-21-8-3-9-22-32/h1-27H,28H2/q+1. The third-order valence-electron chi connectivity index (χ3n) is 7.88. The Balaban J connectivity index is 1.57. The van der Waals surface area contributed by atoms with Crippen LogP contribution in [0.1, 0.15) is 5.56 Å². The number of rotatable bonds is 7. The van der Waals surface area contributed by atoms with Crippen LogP contribution in [-0.2, 0) is 6.54 Å². The first-order chi connectivity index (χ1) is 20.8. The Morgan fingerprint density at radius 1 is 0.524 bits per heavy atom. The average molecular weight is 625 g/mol. The zero-order valence-corrected chi connectivity index (χ0v) is 25.5. The van der Waals surface area contributed by atoms with Crippen LogP contribution in [0.5, 0.6) is 0 Å². The monoisotopic (exact) mass is 623 g/mol. The van der Waals surface area contributed by atoms with Gasteiger partial charge in [-0.25, -0.2) is 4.98 Å². The summed E-state index contributed by atoms with van der Waals surface area (Å²) >= 11 is 3.80. The summed E-state index contributed by atoms with van der Waals surface area (Å²) in [5, 5.41) is 5.27. The van der Waals surface area contributed by atoms with Crippen molar-refractivity contribution in [2.24, 2.45) is 0 Å². The van der Waals surface area contributed by atoms with Crippen LogP contribution in [0.2, 0.25) is 0 Å². The predicted octanol–water partition coefficient (Wildman–Crippen LogP) is 8.13. The fraction of sp³-hybridized carbons (Fsp3) is 0.0263. The molecule has 1 aromatic heterocycles. The number of imidazole rings is 1. The molecule has 2 nitrogen and oxygen atoms in total. The smallest absolute Gasteiger partial charge is 0.145 e. The molecule has 1 heterocycles. The first-order valence-corrected chi connectivity index (χ1v) is 16.7. The van der Waals surface area contributed by atoms with E-state index in [0.29, 0.717) is 6.54 Å². The van der Waals surface area contributed by atoms with Gasteiger partial charge in [0.2, 0.25) is 0 Å². The van der Waals surface area contributed by atoms with Crippen molar-refractivity contribution in [2.45, 2.75) is 6.54 Å². The minimum absolute atomic E-state index is 0.707. The normalized spacial score (nSPS) is 11.5. The Morgan fingerprint density at radius 2 is 1.02 bits per heavy atom. The molecule has 4 heteroatoms. The van der Waals surface area contributed by atoms with Gasteiger partial charge in [0.25, 0.3) is 0 Å². The van der Waals surface area contributed by atoms with E-state index in [1.54, 1.807) is 0 Å². The average Bonchev–Trinajstić information content (AvgIpc) is 3.42. The summed E-state index contributed by atoms with van der Waals surface area (Å²) in [4.78, 5) is 5.33. The van der Waals surface area contributed by atoms with Crippen LogP contribution in [0.4, 0.5) is 0 Å². The molecule has 6 aromatic carbocycles. The van der Waals surface area contributed by atoms with Crippen molar-refractivity contribution < 1.29 is 0 Å². The molecule has 0 spiro atoms. The number of hydrogen-bond donors (Lipinski definition) is 0. The van der Waals surface area contributed by atoms with Crippen molar-refractivity contribution in [3.63, 3.8) is 0 Å². The summed E-state index contributed by atoms with van der Waals surface area (Å²) < 4.78 is 3.48. The van der Waals surface area contributed by atoms with Crippen LogP contribution in [0, 0.1) is 0 Å². The zero-order chi connectivity index (χ0) is 28.4. The Morgan fingerprint density at radius 3 is 1.64 bits per heavy atom. The van der Waals surface area contributed by atoms with Gasteiger partial charge < -0.3 is 4.57 Å². The number of nitrogens with zero attached hydrogens (tertiary/aromatic N) is 2. The van der Waals surface area contributed by atoms with Gasteiger partial charge in [0.05, 0.1) is 23.1 Å². The van der Waals surface area contributed by atoms with Crippen LogP contribution in [0.15, 0.2) is 168 Å². The van der Waals surface area contributed by atoms with Crippen molar-refractivity contribution in [3.8, 4) is 11.4 Å². The van der Waals surface area contributed by atoms with E-state index in [0.717, 1.165) is 26.9 Å². The summed E-state index contributed by atoms with van der Waals surface area (Å²) in [6.45, 7) is 0.707. The van der Waals surface area contributed by atoms with Gasteiger partial charge in [-0.05, 0) is 72.3 Å². The lowest BCUT2D eigenvalue weighted by molar-refractivity contribution is 0.831. The molecule has 7 aromatic rings. The van der Waals surface area contributed by atoms with E-state index in [2.05, 4.69) is 184 Å². The van der Waals surface area contributed by atoms with Gasteiger partial charge in [-0.3, -0.25) is 0 Å². The molecule has 202 valence electrons. The highest BCUT2D eigenvalue weighted by molar-refractivity contribution is 9.10. The molecule has 0 aliphatic carbocycles. The van der Waals surface area contributed by atoms with Gasteiger partial charge >= 0.3 is 0 Å². The summed E-state index contributed by atoms with van der Waals surface area (Å²) in [7, 11) is -2.33. The van der Waals surface area contributed by atoms with E-state index in [-0.39, 0.29) is 0 Å². The number of benzene rings is 6. The Kier molecular flexibility index (Phi) is 7.30. The van der Waals surface area contributed by atoms with E-state index in [9.17, 15) is 0 Å². The Labute approximate surface area is 255 Å². The molecular weight excluding hydrogens is 595 g/mol. The quantitative estimate of drug-likeness (QED) is 0.164. The van der Waals surface area contributed by atoms with Gasteiger partial charge in [0, 0.05) is 4.47 Å². The molecular formula is C38H29BrN2P+. The van der Waals surface area contributed by atoms with Crippen molar-refractivity contribution >= 4 is 55.4 Å².